The van der Waals surface area contributed by atoms with Gasteiger partial charge in [0.25, 0.3) is 0 Å². The maximum atomic E-state index is 12.3. The van der Waals surface area contributed by atoms with Crippen molar-refractivity contribution in [2.75, 3.05) is 6.54 Å². The normalized spacial score (nSPS) is 14.4. The van der Waals surface area contributed by atoms with Crippen molar-refractivity contribution in [3.63, 3.8) is 0 Å². The minimum atomic E-state index is -3.49. The molecule has 1 aromatic rings. The van der Waals surface area contributed by atoms with Crippen LogP contribution in [0.5, 0.6) is 0 Å². The van der Waals surface area contributed by atoms with Crippen molar-refractivity contribution in [1.29, 1.82) is 0 Å². The molecule has 0 heterocycles. The van der Waals surface area contributed by atoms with E-state index in [1.807, 2.05) is 6.92 Å². The van der Waals surface area contributed by atoms with Gasteiger partial charge in [-0.3, -0.25) is 0 Å². The predicted octanol–water partition coefficient (Wildman–Crippen LogP) is 2.11. The highest BCUT2D eigenvalue weighted by Crippen LogP contribution is 2.25. The Kier molecular flexibility index (Phi) is 5.12. The molecule has 0 bridgehead atoms. The highest BCUT2D eigenvalue weighted by molar-refractivity contribution is 7.89. The summed E-state index contributed by atoms with van der Waals surface area (Å²) in [6.07, 6.45) is 0. The van der Waals surface area contributed by atoms with Gasteiger partial charge in [-0.15, -0.1) is 0 Å². The quantitative estimate of drug-likeness (QED) is 0.870. The molecule has 0 aliphatic heterocycles. The van der Waals surface area contributed by atoms with E-state index in [2.05, 4.69) is 25.5 Å². The molecule has 4 nitrogen and oxygen atoms in total. The van der Waals surface area contributed by atoms with Crippen LogP contribution in [0.2, 0.25) is 0 Å². The predicted molar refractivity (Wildman–Crippen MR) is 78.1 cm³/mol. The molecule has 0 aromatic heterocycles. The Balaban J connectivity index is 2.88. The Morgan fingerprint density at radius 2 is 1.84 bits per heavy atom. The zero-order chi connectivity index (χ0) is 14.7. The lowest BCUT2D eigenvalue weighted by Crippen LogP contribution is -2.34. The molecule has 1 unspecified atom stereocenters. The fourth-order valence-electron chi connectivity index (χ4n) is 1.55. The molecule has 0 radical (unpaired) electrons. The first-order chi connectivity index (χ1) is 8.68. The van der Waals surface area contributed by atoms with Gasteiger partial charge >= 0.3 is 0 Å². The van der Waals surface area contributed by atoms with Crippen LogP contribution >= 0.6 is 0 Å². The number of sulfonamides is 1. The van der Waals surface area contributed by atoms with Gasteiger partial charge in [-0.25, -0.2) is 13.1 Å². The molecule has 108 valence electrons. The van der Waals surface area contributed by atoms with Gasteiger partial charge in [0, 0.05) is 13.1 Å². The number of rotatable bonds is 5. The molecule has 0 amide bonds. The van der Waals surface area contributed by atoms with Crippen molar-refractivity contribution in [1.82, 2.24) is 4.72 Å². The number of nitrogens with two attached hydrogens (primary N) is 1. The summed E-state index contributed by atoms with van der Waals surface area (Å²) in [4.78, 5) is 0.276. The zero-order valence-electron chi connectivity index (χ0n) is 12.1. The van der Waals surface area contributed by atoms with Crippen LogP contribution in [0.4, 0.5) is 0 Å². The summed E-state index contributed by atoms with van der Waals surface area (Å²) < 4.78 is 27.2. The van der Waals surface area contributed by atoms with E-state index in [1.54, 1.807) is 24.3 Å². The van der Waals surface area contributed by atoms with E-state index < -0.39 is 10.0 Å². The van der Waals surface area contributed by atoms with E-state index in [-0.39, 0.29) is 22.8 Å². The molecule has 3 N–H and O–H groups in total. The largest absolute Gasteiger partial charge is 0.326 e. The van der Waals surface area contributed by atoms with Crippen molar-refractivity contribution in [2.45, 2.75) is 39.1 Å². The zero-order valence-corrected chi connectivity index (χ0v) is 12.9. The van der Waals surface area contributed by atoms with Gasteiger partial charge in [0.05, 0.1) is 4.90 Å². The summed E-state index contributed by atoms with van der Waals surface area (Å²) in [7, 11) is -3.49. The van der Waals surface area contributed by atoms with Crippen molar-refractivity contribution in [2.24, 2.45) is 17.1 Å². The van der Waals surface area contributed by atoms with E-state index in [4.69, 9.17) is 5.73 Å². The van der Waals surface area contributed by atoms with E-state index in [1.165, 1.54) is 0 Å². The second kappa shape index (κ2) is 6.03. The summed E-state index contributed by atoms with van der Waals surface area (Å²) in [6.45, 7) is 8.97. The highest BCUT2D eigenvalue weighted by atomic mass is 32.2. The second-order valence-corrected chi connectivity index (χ2v) is 7.67. The average Bonchev–Trinajstić information content (AvgIpc) is 2.34. The fraction of sp³-hybridized carbons (Fsp3) is 0.571. The van der Waals surface area contributed by atoms with Gasteiger partial charge in [-0.1, -0.05) is 45.9 Å². The van der Waals surface area contributed by atoms with Crippen LogP contribution in [0.1, 0.15) is 33.3 Å². The molecular weight excluding hydrogens is 260 g/mol. The topological polar surface area (TPSA) is 72.2 Å². The van der Waals surface area contributed by atoms with Gasteiger partial charge in [0.15, 0.2) is 0 Å². The minimum absolute atomic E-state index is 0.0654. The lowest BCUT2D eigenvalue weighted by atomic mass is 9.82. The summed E-state index contributed by atoms with van der Waals surface area (Å²) >= 11 is 0. The van der Waals surface area contributed by atoms with Gasteiger partial charge in [0.2, 0.25) is 10.0 Å². The third-order valence-corrected chi connectivity index (χ3v) is 5.06. The Labute approximate surface area is 116 Å². The van der Waals surface area contributed by atoms with Crippen molar-refractivity contribution in [3.05, 3.63) is 29.8 Å². The van der Waals surface area contributed by atoms with Crippen LogP contribution in [-0.4, -0.2) is 15.0 Å². The minimum Gasteiger partial charge on any atom is -0.326 e. The molecule has 1 atom stereocenters. The van der Waals surface area contributed by atoms with Gasteiger partial charge < -0.3 is 5.73 Å². The van der Waals surface area contributed by atoms with Crippen LogP contribution in [0.25, 0.3) is 0 Å². The molecular formula is C14H24N2O2S. The molecule has 5 heteroatoms. The van der Waals surface area contributed by atoms with Crippen LogP contribution < -0.4 is 10.5 Å². The maximum Gasteiger partial charge on any atom is 0.240 e. The van der Waals surface area contributed by atoms with Crippen LogP contribution in [0, 0.1) is 11.3 Å². The lowest BCUT2D eigenvalue weighted by molar-refractivity contribution is 0.263. The van der Waals surface area contributed by atoms with E-state index >= 15 is 0 Å². The maximum absolute atomic E-state index is 12.3. The Hall–Kier alpha value is -0.910. The van der Waals surface area contributed by atoms with Crippen LogP contribution in [-0.2, 0) is 16.6 Å². The van der Waals surface area contributed by atoms with Crippen LogP contribution in [0.15, 0.2) is 29.2 Å². The average molecular weight is 284 g/mol. The first kappa shape index (κ1) is 16.1. The van der Waals surface area contributed by atoms with Crippen molar-refractivity contribution < 1.29 is 8.42 Å². The molecule has 0 saturated carbocycles. The van der Waals surface area contributed by atoms with Crippen molar-refractivity contribution in [3.8, 4) is 0 Å². The lowest BCUT2D eigenvalue weighted by Gasteiger charge is -2.27. The summed E-state index contributed by atoms with van der Waals surface area (Å²) in [6, 6.07) is 6.83. The van der Waals surface area contributed by atoms with E-state index in [9.17, 15) is 8.42 Å². The fourth-order valence-corrected chi connectivity index (χ4v) is 2.93. The van der Waals surface area contributed by atoms with Gasteiger partial charge in [-0.2, -0.15) is 0 Å². The first-order valence-electron chi connectivity index (χ1n) is 6.46. The standard InChI is InChI=1S/C14H24N2O2S/c1-11(14(2,3)4)10-16-19(17,18)13-8-6-5-7-12(13)9-15/h5-8,11,16H,9-10,15H2,1-4H3. The molecule has 0 spiro atoms. The smallest absolute Gasteiger partial charge is 0.240 e. The second-order valence-electron chi connectivity index (χ2n) is 5.93. The molecule has 0 aliphatic carbocycles. The number of benzene rings is 1. The van der Waals surface area contributed by atoms with E-state index in [0.29, 0.717) is 12.1 Å². The van der Waals surface area contributed by atoms with Crippen LogP contribution in [0.3, 0.4) is 0 Å². The number of nitrogens with one attached hydrogen (secondary N) is 1. The molecule has 1 aromatic carbocycles. The first-order valence-corrected chi connectivity index (χ1v) is 7.94. The molecule has 0 saturated heterocycles. The highest BCUT2D eigenvalue weighted by Gasteiger charge is 2.23. The Morgan fingerprint density at radius 1 is 1.26 bits per heavy atom. The Bertz CT molecular complexity index is 518. The molecule has 1 rings (SSSR count). The van der Waals surface area contributed by atoms with E-state index in [0.717, 1.165) is 0 Å². The molecule has 0 fully saturated rings. The van der Waals surface area contributed by atoms with Crippen molar-refractivity contribution >= 4 is 10.0 Å². The number of hydrogen-bond donors (Lipinski definition) is 2. The third-order valence-electron chi connectivity index (χ3n) is 3.54. The SMILES string of the molecule is CC(CNS(=O)(=O)c1ccccc1CN)C(C)(C)C. The molecule has 0 aliphatic rings. The third kappa shape index (κ3) is 4.30. The van der Waals surface area contributed by atoms with Gasteiger partial charge in [0.1, 0.15) is 0 Å². The summed E-state index contributed by atoms with van der Waals surface area (Å²) in [5.74, 6) is 0.243. The summed E-state index contributed by atoms with van der Waals surface area (Å²) in [5, 5.41) is 0. The summed E-state index contributed by atoms with van der Waals surface area (Å²) in [5.41, 5.74) is 6.28. The Morgan fingerprint density at radius 3 is 2.37 bits per heavy atom. The monoisotopic (exact) mass is 284 g/mol. The number of hydrogen-bond acceptors (Lipinski definition) is 3. The molecule has 19 heavy (non-hydrogen) atoms. The van der Waals surface area contributed by atoms with Gasteiger partial charge in [-0.05, 0) is 23.0 Å².